The highest BCUT2D eigenvalue weighted by Gasteiger charge is 2.10. The molecule has 2 aromatic carbocycles. The molecule has 144 valence electrons. The van der Waals surface area contributed by atoms with E-state index >= 15 is 0 Å². The van der Waals surface area contributed by atoms with Gasteiger partial charge >= 0.3 is 0 Å². The Labute approximate surface area is 161 Å². The average Bonchev–Trinajstić information content (AvgIpc) is 2.71. The van der Waals surface area contributed by atoms with E-state index in [9.17, 15) is 4.39 Å². The van der Waals surface area contributed by atoms with Gasteiger partial charge in [0.15, 0.2) is 5.96 Å². The molecule has 0 aliphatic carbocycles. The summed E-state index contributed by atoms with van der Waals surface area (Å²) in [6.45, 7) is 4.81. The summed E-state index contributed by atoms with van der Waals surface area (Å²) < 4.78 is 13.0. The van der Waals surface area contributed by atoms with Gasteiger partial charge in [0, 0.05) is 26.7 Å². The Balaban J connectivity index is 1.44. The predicted molar refractivity (Wildman–Crippen MR) is 109 cm³/mol. The van der Waals surface area contributed by atoms with Crippen molar-refractivity contribution in [3.8, 4) is 0 Å². The highest BCUT2D eigenvalue weighted by Crippen LogP contribution is 2.13. The molecule has 27 heavy (non-hydrogen) atoms. The normalized spacial score (nSPS) is 15.6. The second kappa shape index (κ2) is 10.1. The molecular formula is C22H29FN4. The van der Waals surface area contributed by atoms with E-state index in [0.29, 0.717) is 13.1 Å². The van der Waals surface area contributed by atoms with Crippen LogP contribution in [0.15, 0.2) is 53.5 Å². The minimum absolute atomic E-state index is 0.218. The Hall–Kier alpha value is -2.40. The Bertz CT molecular complexity index is 719. The second-order valence-electron chi connectivity index (χ2n) is 7.06. The Kier molecular flexibility index (Phi) is 7.22. The number of piperidine rings is 1. The summed E-state index contributed by atoms with van der Waals surface area (Å²) in [5.41, 5.74) is 3.61. The maximum atomic E-state index is 13.0. The lowest BCUT2D eigenvalue weighted by atomic mass is 10.1. The molecule has 1 aliphatic rings. The van der Waals surface area contributed by atoms with Gasteiger partial charge in [0.05, 0.1) is 0 Å². The van der Waals surface area contributed by atoms with Crippen molar-refractivity contribution in [3.05, 3.63) is 71.0 Å². The van der Waals surface area contributed by atoms with Crippen molar-refractivity contribution in [1.29, 1.82) is 0 Å². The summed E-state index contributed by atoms with van der Waals surface area (Å²) in [7, 11) is 1.75. The van der Waals surface area contributed by atoms with Crippen LogP contribution in [0.3, 0.4) is 0 Å². The van der Waals surface area contributed by atoms with Crippen LogP contribution in [0.5, 0.6) is 0 Å². The van der Waals surface area contributed by atoms with E-state index in [0.717, 1.165) is 18.1 Å². The molecule has 2 N–H and O–H groups in total. The molecule has 0 bridgehead atoms. The van der Waals surface area contributed by atoms with Crippen LogP contribution < -0.4 is 10.6 Å². The van der Waals surface area contributed by atoms with Crippen LogP contribution in [-0.4, -0.2) is 31.0 Å². The zero-order valence-corrected chi connectivity index (χ0v) is 16.0. The lowest BCUT2D eigenvalue weighted by molar-refractivity contribution is 0.221. The minimum Gasteiger partial charge on any atom is -0.352 e. The monoisotopic (exact) mass is 368 g/mol. The molecule has 0 radical (unpaired) electrons. The lowest BCUT2D eigenvalue weighted by Gasteiger charge is -2.26. The van der Waals surface area contributed by atoms with Crippen LogP contribution in [0.4, 0.5) is 4.39 Å². The lowest BCUT2D eigenvalue weighted by Crippen LogP contribution is -2.36. The van der Waals surface area contributed by atoms with Crippen molar-refractivity contribution in [3.63, 3.8) is 0 Å². The SMILES string of the molecule is CN=C(NCc1ccc(F)cc1)NCc1ccc(CN2CCCCC2)cc1. The van der Waals surface area contributed by atoms with Gasteiger partial charge in [-0.05, 0) is 54.8 Å². The number of likely N-dealkylation sites (tertiary alicyclic amines) is 1. The molecule has 0 amide bonds. The third kappa shape index (κ3) is 6.36. The van der Waals surface area contributed by atoms with Crippen LogP contribution in [0, 0.1) is 5.82 Å². The molecule has 0 unspecified atom stereocenters. The number of aliphatic imine (C=N–C) groups is 1. The van der Waals surface area contributed by atoms with E-state index in [2.05, 4.69) is 44.8 Å². The number of rotatable bonds is 6. The van der Waals surface area contributed by atoms with E-state index in [1.807, 2.05) is 0 Å². The van der Waals surface area contributed by atoms with Crippen LogP contribution in [-0.2, 0) is 19.6 Å². The summed E-state index contributed by atoms with van der Waals surface area (Å²) >= 11 is 0. The number of halogens is 1. The van der Waals surface area contributed by atoms with E-state index in [1.54, 1.807) is 19.2 Å². The van der Waals surface area contributed by atoms with Crippen molar-refractivity contribution in [2.24, 2.45) is 4.99 Å². The zero-order chi connectivity index (χ0) is 18.9. The van der Waals surface area contributed by atoms with Crippen LogP contribution >= 0.6 is 0 Å². The van der Waals surface area contributed by atoms with Gasteiger partial charge in [-0.15, -0.1) is 0 Å². The zero-order valence-electron chi connectivity index (χ0n) is 16.0. The maximum absolute atomic E-state index is 13.0. The summed E-state index contributed by atoms with van der Waals surface area (Å²) in [5, 5.41) is 6.57. The smallest absolute Gasteiger partial charge is 0.191 e. The highest BCUT2D eigenvalue weighted by molar-refractivity contribution is 5.79. The summed E-state index contributed by atoms with van der Waals surface area (Å²) in [6, 6.07) is 15.3. The molecule has 0 spiro atoms. The van der Waals surface area contributed by atoms with E-state index in [1.165, 1.54) is 55.6 Å². The summed E-state index contributed by atoms with van der Waals surface area (Å²) in [5.74, 6) is 0.515. The molecular weight excluding hydrogens is 339 g/mol. The molecule has 1 saturated heterocycles. The van der Waals surface area contributed by atoms with Gasteiger partial charge in [-0.3, -0.25) is 9.89 Å². The molecule has 4 nitrogen and oxygen atoms in total. The van der Waals surface area contributed by atoms with Crippen LogP contribution in [0.25, 0.3) is 0 Å². The largest absolute Gasteiger partial charge is 0.352 e. The maximum Gasteiger partial charge on any atom is 0.191 e. The number of hydrogen-bond donors (Lipinski definition) is 2. The molecule has 0 saturated carbocycles. The highest BCUT2D eigenvalue weighted by atomic mass is 19.1. The minimum atomic E-state index is -0.218. The third-order valence-corrected chi connectivity index (χ3v) is 4.93. The van der Waals surface area contributed by atoms with E-state index in [4.69, 9.17) is 0 Å². The van der Waals surface area contributed by atoms with Gasteiger partial charge in [0.25, 0.3) is 0 Å². The molecule has 1 fully saturated rings. The standard InChI is InChI=1S/C22H29FN4/c1-24-22(26-16-19-9-11-21(23)12-10-19)25-15-18-5-7-20(8-6-18)17-27-13-3-2-4-14-27/h5-12H,2-4,13-17H2,1H3,(H2,24,25,26). The fourth-order valence-electron chi connectivity index (χ4n) is 3.33. The first-order valence-corrected chi connectivity index (χ1v) is 9.72. The number of nitrogens with zero attached hydrogens (tertiary/aromatic N) is 2. The summed E-state index contributed by atoms with van der Waals surface area (Å²) in [4.78, 5) is 6.78. The topological polar surface area (TPSA) is 39.7 Å². The predicted octanol–water partition coefficient (Wildman–Crippen LogP) is 3.68. The molecule has 2 aromatic rings. The molecule has 1 heterocycles. The average molecular weight is 369 g/mol. The quantitative estimate of drug-likeness (QED) is 0.604. The van der Waals surface area contributed by atoms with E-state index in [-0.39, 0.29) is 5.82 Å². The van der Waals surface area contributed by atoms with Gasteiger partial charge < -0.3 is 10.6 Å². The Morgan fingerprint density at radius 1 is 0.852 bits per heavy atom. The molecule has 0 aromatic heterocycles. The van der Waals surface area contributed by atoms with Gasteiger partial charge in [-0.1, -0.05) is 42.8 Å². The fourth-order valence-corrected chi connectivity index (χ4v) is 3.33. The number of benzene rings is 2. The van der Waals surface area contributed by atoms with Crippen molar-refractivity contribution in [2.45, 2.75) is 38.9 Å². The Morgan fingerprint density at radius 3 is 1.93 bits per heavy atom. The first-order valence-electron chi connectivity index (χ1n) is 9.72. The molecule has 5 heteroatoms. The summed E-state index contributed by atoms with van der Waals surface area (Å²) in [6.07, 6.45) is 4.02. The van der Waals surface area contributed by atoms with Crippen molar-refractivity contribution in [2.75, 3.05) is 20.1 Å². The van der Waals surface area contributed by atoms with Gasteiger partial charge in [0.2, 0.25) is 0 Å². The number of nitrogens with one attached hydrogen (secondary N) is 2. The first-order chi connectivity index (χ1) is 13.2. The van der Waals surface area contributed by atoms with Crippen LogP contribution in [0.2, 0.25) is 0 Å². The van der Waals surface area contributed by atoms with Gasteiger partial charge in [-0.2, -0.15) is 0 Å². The van der Waals surface area contributed by atoms with Crippen molar-refractivity contribution < 1.29 is 4.39 Å². The first kappa shape index (κ1) is 19.4. The molecule has 1 aliphatic heterocycles. The number of hydrogen-bond acceptors (Lipinski definition) is 2. The third-order valence-electron chi connectivity index (χ3n) is 4.93. The van der Waals surface area contributed by atoms with Crippen LogP contribution in [0.1, 0.15) is 36.0 Å². The van der Waals surface area contributed by atoms with Gasteiger partial charge in [0.1, 0.15) is 5.82 Å². The van der Waals surface area contributed by atoms with Crippen molar-refractivity contribution in [1.82, 2.24) is 15.5 Å². The molecule has 0 atom stereocenters. The van der Waals surface area contributed by atoms with E-state index < -0.39 is 0 Å². The van der Waals surface area contributed by atoms with Gasteiger partial charge in [-0.25, -0.2) is 4.39 Å². The number of guanidine groups is 1. The Morgan fingerprint density at radius 2 is 1.37 bits per heavy atom. The molecule has 3 rings (SSSR count). The fraction of sp³-hybridized carbons (Fsp3) is 0.409. The van der Waals surface area contributed by atoms with Crippen molar-refractivity contribution >= 4 is 5.96 Å². The second-order valence-corrected chi connectivity index (χ2v) is 7.06.